The van der Waals surface area contributed by atoms with Gasteiger partial charge in [-0.2, -0.15) is 0 Å². The lowest BCUT2D eigenvalue weighted by Crippen LogP contribution is -2.31. The summed E-state index contributed by atoms with van der Waals surface area (Å²) in [7, 11) is 0. The van der Waals surface area contributed by atoms with E-state index in [2.05, 4.69) is 15.0 Å². The van der Waals surface area contributed by atoms with E-state index in [0.29, 0.717) is 13.0 Å². The van der Waals surface area contributed by atoms with Crippen LogP contribution in [-0.4, -0.2) is 27.7 Å². The van der Waals surface area contributed by atoms with Crippen molar-refractivity contribution in [3.8, 4) is 11.5 Å². The molecule has 1 aromatic carbocycles. The number of hydrogen-bond acceptors (Lipinski definition) is 5. The minimum atomic E-state index is -0.0466. The smallest absolute Gasteiger partial charge is 0.162 e. The number of benzene rings is 1. The Morgan fingerprint density at radius 2 is 1.80 bits per heavy atom. The molecule has 0 radical (unpaired) electrons. The van der Waals surface area contributed by atoms with Gasteiger partial charge < -0.3 is 9.47 Å². The number of pyridine rings is 1. The molecule has 0 spiro atoms. The van der Waals surface area contributed by atoms with Crippen LogP contribution >= 0.6 is 0 Å². The molecule has 3 heterocycles. The molecule has 2 aromatic heterocycles. The van der Waals surface area contributed by atoms with Crippen LogP contribution in [0, 0.1) is 6.92 Å². The lowest BCUT2D eigenvalue weighted by atomic mass is 10.1. The normalized spacial score (nSPS) is 15.8. The summed E-state index contributed by atoms with van der Waals surface area (Å²) < 4.78 is 11.8. The maximum absolute atomic E-state index is 6.04. The summed E-state index contributed by atoms with van der Waals surface area (Å²) in [5.41, 5.74) is 4.18. The lowest BCUT2D eigenvalue weighted by Gasteiger charge is -2.26. The van der Waals surface area contributed by atoms with Crippen molar-refractivity contribution in [3.05, 3.63) is 77.6 Å². The van der Waals surface area contributed by atoms with E-state index in [1.54, 1.807) is 12.4 Å². The Balaban J connectivity index is 1.40. The molecule has 0 saturated carbocycles. The average Bonchev–Trinajstić information content (AvgIpc) is 2.64. The van der Waals surface area contributed by atoms with Crippen molar-refractivity contribution in [3.63, 3.8) is 0 Å². The molecule has 5 nitrogen and oxygen atoms in total. The van der Waals surface area contributed by atoms with Gasteiger partial charge in [-0.25, -0.2) is 0 Å². The molecule has 5 heteroatoms. The highest BCUT2D eigenvalue weighted by atomic mass is 16.6. The Bertz CT molecular complexity index is 851. The molecule has 1 unspecified atom stereocenters. The van der Waals surface area contributed by atoms with Crippen LogP contribution in [-0.2, 0) is 12.8 Å². The van der Waals surface area contributed by atoms with Gasteiger partial charge in [-0.1, -0.05) is 6.07 Å². The molecular formula is C20H19N3O2. The van der Waals surface area contributed by atoms with Crippen LogP contribution in [0.5, 0.6) is 11.5 Å². The molecule has 0 saturated heterocycles. The van der Waals surface area contributed by atoms with Gasteiger partial charge in [0.1, 0.15) is 12.7 Å². The minimum Gasteiger partial charge on any atom is -0.486 e. The van der Waals surface area contributed by atoms with Crippen molar-refractivity contribution in [1.82, 2.24) is 15.0 Å². The molecule has 1 atom stereocenters. The zero-order valence-corrected chi connectivity index (χ0v) is 14.1. The van der Waals surface area contributed by atoms with Crippen LogP contribution < -0.4 is 9.47 Å². The number of aryl methyl sites for hydroxylation is 1. The molecule has 0 amide bonds. The Kier molecular flexibility index (Phi) is 4.29. The van der Waals surface area contributed by atoms with Gasteiger partial charge in [-0.05, 0) is 42.3 Å². The Morgan fingerprint density at radius 3 is 2.60 bits per heavy atom. The summed E-state index contributed by atoms with van der Waals surface area (Å²) >= 11 is 0. The van der Waals surface area contributed by atoms with Crippen LogP contribution in [0.2, 0.25) is 0 Å². The van der Waals surface area contributed by atoms with Crippen LogP contribution in [0.4, 0.5) is 0 Å². The Hall–Kier alpha value is -2.95. The third kappa shape index (κ3) is 3.76. The fourth-order valence-electron chi connectivity index (χ4n) is 2.84. The summed E-state index contributed by atoms with van der Waals surface area (Å²) in [6.07, 6.45) is 8.62. The Labute approximate surface area is 146 Å². The first-order chi connectivity index (χ1) is 12.3. The SMILES string of the molecule is Cc1ccc2c(c1)OC(Cc1cnc(Cc3ccncc3)cn1)CO2. The molecule has 1 aliphatic rings. The van der Waals surface area contributed by atoms with E-state index >= 15 is 0 Å². The maximum atomic E-state index is 6.04. The first kappa shape index (κ1) is 15.6. The Morgan fingerprint density at radius 1 is 1.00 bits per heavy atom. The molecule has 0 fully saturated rings. The van der Waals surface area contributed by atoms with Crippen molar-refractivity contribution in [2.75, 3.05) is 6.61 Å². The number of nitrogens with zero attached hydrogens (tertiary/aromatic N) is 3. The number of fused-ring (bicyclic) bond motifs is 1. The molecule has 0 bridgehead atoms. The van der Waals surface area contributed by atoms with E-state index in [1.807, 2.05) is 49.6 Å². The van der Waals surface area contributed by atoms with Gasteiger partial charge in [-0.15, -0.1) is 0 Å². The average molecular weight is 333 g/mol. The van der Waals surface area contributed by atoms with Gasteiger partial charge >= 0.3 is 0 Å². The standard InChI is InChI=1S/C20H19N3O2/c1-14-2-3-19-20(8-14)25-18(13-24-19)10-17-12-22-16(11-23-17)9-15-4-6-21-7-5-15/h2-8,11-12,18H,9-10,13H2,1H3. The number of aromatic nitrogens is 3. The molecule has 0 N–H and O–H groups in total. The van der Waals surface area contributed by atoms with Gasteiger partial charge in [0.25, 0.3) is 0 Å². The van der Waals surface area contributed by atoms with Crippen LogP contribution in [0.3, 0.4) is 0 Å². The third-order valence-electron chi connectivity index (χ3n) is 4.15. The first-order valence-electron chi connectivity index (χ1n) is 8.35. The quantitative estimate of drug-likeness (QED) is 0.734. The van der Waals surface area contributed by atoms with Gasteiger partial charge in [-0.3, -0.25) is 15.0 Å². The highest BCUT2D eigenvalue weighted by molar-refractivity contribution is 5.43. The van der Waals surface area contributed by atoms with Gasteiger partial charge in [0.15, 0.2) is 11.5 Å². The summed E-state index contributed by atoms with van der Waals surface area (Å²) in [6, 6.07) is 9.96. The zero-order valence-electron chi connectivity index (χ0n) is 14.1. The van der Waals surface area contributed by atoms with Crippen LogP contribution in [0.1, 0.15) is 22.5 Å². The number of rotatable bonds is 4. The van der Waals surface area contributed by atoms with E-state index < -0.39 is 0 Å². The maximum Gasteiger partial charge on any atom is 0.162 e. The number of ether oxygens (including phenoxy) is 2. The van der Waals surface area contributed by atoms with Gasteiger partial charge in [0, 0.05) is 37.6 Å². The molecule has 1 aliphatic heterocycles. The van der Waals surface area contributed by atoms with Crippen molar-refractivity contribution in [1.29, 1.82) is 0 Å². The van der Waals surface area contributed by atoms with Crippen molar-refractivity contribution >= 4 is 0 Å². The lowest BCUT2D eigenvalue weighted by molar-refractivity contribution is 0.0904. The van der Waals surface area contributed by atoms with Gasteiger partial charge in [0.05, 0.1) is 11.4 Å². The topological polar surface area (TPSA) is 57.1 Å². The van der Waals surface area contributed by atoms with Crippen molar-refractivity contribution < 1.29 is 9.47 Å². The highest BCUT2D eigenvalue weighted by Gasteiger charge is 2.22. The molecule has 25 heavy (non-hydrogen) atoms. The second-order valence-corrected chi connectivity index (χ2v) is 6.24. The molecule has 4 rings (SSSR count). The molecule has 126 valence electrons. The molecular weight excluding hydrogens is 314 g/mol. The monoisotopic (exact) mass is 333 g/mol. The van der Waals surface area contributed by atoms with E-state index in [4.69, 9.17) is 9.47 Å². The summed E-state index contributed by atoms with van der Waals surface area (Å²) in [5, 5.41) is 0. The van der Waals surface area contributed by atoms with Crippen molar-refractivity contribution in [2.24, 2.45) is 0 Å². The minimum absolute atomic E-state index is 0.0466. The summed E-state index contributed by atoms with van der Waals surface area (Å²) in [6.45, 7) is 2.57. The first-order valence-corrected chi connectivity index (χ1v) is 8.35. The highest BCUT2D eigenvalue weighted by Crippen LogP contribution is 2.32. The summed E-state index contributed by atoms with van der Waals surface area (Å²) in [4.78, 5) is 13.1. The zero-order chi connectivity index (χ0) is 17.1. The van der Waals surface area contributed by atoms with E-state index in [0.717, 1.165) is 34.9 Å². The van der Waals surface area contributed by atoms with E-state index in [1.165, 1.54) is 5.56 Å². The predicted octanol–water partition coefficient (Wildman–Crippen LogP) is 3.15. The number of hydrogen-bond donors (Lipinski definition) is 0. The predicted molar refractivity (Wildman–Crippen MR) is 93.9 cm³/mol. The molecule has 0 aliphatic carbocycles. The second kappa shape index (κ2) is 6.89. The second-order valence-electron chi connectivity index (χ2n) is 6.24. The molecule has 3 aromatic rings. The fourth-order valence-corrected chi connectivity index (χ4v) is 2.84. The van der Waals surface area contributed by atoms with Crippen LogP contribution in [0.25, 0.3) is 0 Å². The third-order valence-corrected chi connectivity index (χ3v) is 4.15. The van der Waals surface area contributed by atoms with Gasteiger partial charge in [0.2, 0.25) is 0 Å². The van der Waals surface area contributed by atoms with E-state index in [-0.39, 0.29) is 6.10 Å². The summed E-state index contributed by atoms with van der Waals surface area (Å²) in [5.74, 6) is 1.61. The van der Waals surface area contributed by atoms with Crippen LogP contribution in [0.15, 0.2) is 55.1 Å². The largest absolute Gasteiger partial charge is 0.486 e. The fraction of sp³-hybridized carbons (Fsp3) is 0.250. The van der Waals surface area contributed by atoms with E-state index in [9.17, 15) is 0 Å². The van der Waals surface area contributed by atoms with Crippen molar-refractivity contribution in [2.45, 2.75) is 25.9 Å².